The molecule has 0 saturated heterocycles. The van der Waals surface area contributed by atoms with Crippen LogP contribution in [0.3, 0.4) is 0 Å². The van der Waals surface area contributed by atoms with Crippen molar-refractivity contribution in [3.63, 3.8) is 0 Å². The largest absolute Gasteiger partial charge is 0.310 e. The van der Waals surface area contributed by atoms with E-state index in [-0.39, 0.29) is 0 Å². The summed E-state index contributed by atoms with van der Waals surface area (Å²) in [5.41, 5.74) is 16.1. The second-order valence-corrected chi connectivity index (χ2v) is 17.7. The lowest BCUT2D eigenvalue weighted by atomic mass is 9.92. The van der Waals surface area contributed by atoms with Crippen LogP contribution in [0, 0.1) is 0 Å². The van der Waals surface area contributed by atoms with E-state index in [9.17, 15) is 0 Å². The number of fused-ring (bicyclic) bond motifs is 9. The summed E-state index contributed by atoms with van der Waals surface area (Å²) in [4.78, 5) is 2.44. The molecule has 0 radical (unpaired) electrons. The number of para-hydroxylation sites is 3. The van der Waals surface area contributed by atoms with Gasteiger partial charge in [0.05, 0.1) is 16.7 Å². The Morgan fingerprint density at radius 2 is 0.691 bits per heavy atom. The standard InChI is InChI=1S/C66H44N2/c1-3-18-45(19-4-1)50-40-51(48-22-17-23-53(41-48)68-65-32-15-12-29-61(65)62-30-13-16-33-66(62)68)43-54(42-50)67(64-31-14-11-24-55(64)47-20-5-2-6-21-47)52-37-34-46(35-38-52)49-36-39-60-58-27-8-7-25-56(58)57-26-9-10-28-59(57)63(60)44-49/h1-44H. The molecule has 0 spiro atoms. The summed E-state index contributed by atoms with van der Waals surface area (Å²) in [5.74, 6) is 0. The normalized spacial score (nSPS) is 11.5. The predicted molar refractivity (Wildman–Crippen MR) is 290 cm³/mol. The Hall–Kier alpha value is -8.98. The summed E-state index contributed by atoms with van der Waals surface area (Å²) in [7, 11) is 0. The monoisotopic (exact) mass is 864 g/mol. The van der Waals surface area contributed by atoms with Crippen LogP contribution in [-0.4, -0.2) is 4.57 Å². The molecule has 13 aromatic rings. The third-order valence-electron chi connectivity index (χ3n) is 13.7. The lowest BCUT2D eigenvalue weighted by Gasteiger charge is -2.29. The van der Waals surface area contributed by atoms with Crippen LogP contribution in [0.2, 0.25) is 0 Å². The van der Waals surface area contributed by atoms with Gasteiger partial charge in [-0.2, -0.15) is 0 Å². The van der Waals surface area contributed by atoms with E-state index in [0.29, 0.717) is 0 Å². The van der Waals surface area contributed by atoms with Crippen LogP contribution in [0.1, 0.15) is 0 Å². The first-order valence-corrected chi connectivity index (χ1v) is 23.4. The average molecular weight is 865 g/mol. The highest BCUT2D eigenvalue weighted by atomic mass is 15.1. The second-order valence-electron chi connectivity index (χ2n) is 17.7. The quantitative estimate of drug-likeness (QED) is 0.138. The Kier molecular flexibility index (Phi) is 9.54. The van der Waals surface area contributed by atoms with Gasteiger partial charge >= 0.3 is 0 Å². The molecule has 0 fully saturated rings. The van der Waals surface area contributed by atoms with Gasteiger partial charge in [-0.1, -0.05) is 200 Å². The number of anilines is 3. The molecule has 0 atom stereocenters. The first-order chi connectivity index (χ1) is 33.7. The van der Waals surface area contributed by atoms with E-state index in [1.807, 2.05) is 0 Å². The van der Waals surface area contributed by atoms with E-state index in [0.717, 1.165) is 50.6 Å². The molecular formula is C66H44N2. The van der Waals surface area contributed by atoms with Crippen LogP contribution in [-0.2, 0) is 0 Å². The SMILES string of the molecule is c1ccc(-c2cc(-c3cccc(-n4c5ccccc5c5ccccc54)c3)cc(N(c3ccc(-c4ccc5c6ccccc6c6ccccc6c5c4)cc3)c3ccccc3-c3ccccc3)c2)cc1. The van der Waals surface area contributed by atoms with Gasteiger partial charge in [0.25, 0.3) is 0 Å². The van der Waals surface area contributed by atoms with Gasteiger partial charge in [-0.3, -0.25) is 0 Å². The fourth-order valence-corrected chi connectivity index (χ4v) is 10.6. The number of hydrogen-bond acceptors (Lipinski definition) is 1. The molecule has 13 rings (SSSR count). The van der Waals surface area contributed by atoms with Gasteiger partial charge in [0.2, 0.25) is 0 Å². The smallest absolute Gasteiger partial charge is 0.0541 e. The molecule has 1 heterocycles. The van der Waals surface area contributed by atoms with E-state index >= 15 is 0 Å². The van der Waals surface area contributed by atoms with Crippen molar-refractivity contribution >= 4 is 71.2 Å². The Morgan fingerprint density at radius 1 is 0.235 bits per heavy atom. The first-order valence-electron chi connectivity index (χ1n) is 23.4. The van der Waals surface area contributed by atoms with Crippen LogP contribution in [0.15, 0.2) is 267 Å². The average Bonchev–Trinajstić information content (AvgIpc) is 3.76. The van der Waals surface area contributed by atoms with Crippen molar-refractivity contribution in [3.05, 3.63) is 267 Å². The van der Waals surface area contributed by atoms with Crippen molar-refractivity contribution in [2.24, 2.45) is 0 Å². The highest BCUT2D eigenvalue weighted by Crippen LogP contribution is 2.45. The van der Waals surface area contributed by atoms with Crippen LogP contribution >= 0.6 is 0 Å². The lowest BCUT2D eigenvalue weighted by molar-refractivity contribution is 1.18. The molecule has 0 aliphatic carbocycles. The Labute approximate surface area is 395 Å². The van der Waals surface area contributed by atoms with E-state index in [1.165, 1.54) is 70.8 Å². The van der Waals surface area contributed by atoms with Crippen LogP contribution in [0.5, 0.6) is 0 Å². The maximum atomic E-state index is 2.44. The van der Waals surface area contributed by atoms with Crippen molar-refractivity contribution in [3.8, 4) is 50.2 Å². The minimum atomic E-state index is 1.07. The molecule has 2 nitrogen and oxygen atoms in total. The van der Waals surface area contributed by atoms with Gasteiger partial charge in [-0.15, -0.1) is 0 Å². The van der Waals surface area contributed by atoms with Crippen LogP contribution in [0.4, 0.5) is 17.1 Å². The maximum Gasteiger partial charge on any atom is 0.0541 e. The molecule has 68 heavy (non-hydrogen) atoms. The molecule has 318 valence electrons. The van der Waals surface area contributed by atoms with Crippen LogP contribution in [0.25, 0.3) is 104 Å². The second kappa shape index (κ2) is 16.5. The van der Waals surface area contributed by atoms with Crippen LogP contribution < -0.4 is 4.90 Å². The zero-order valence-electron chi connectivity index (χ0n) is 37.3. The van der Waals surface area contributed by atoms with Gasteiger partial charge in [-0.25, -0.2) is 0 Å². The summed E-state index contributed by atoms with van der Waals surface area (Å²) in [6.45, 7) is 0. The molecule has 0 amide bonds. The van der Waals surface area contributed by atoms with Gasteiger partial charge in [0.15, 0.2) is 0 Å². The van der Waals surface area contributed by atoms with E-state index in [4.69, 9.17) is 0 Å². The predicted octanol–water partition coefficient (Wildman–Crippen LogP) is 18.4. The summed E-state index contributed by atoms with van der Waals surface area (Å²) >= 11 is 0. The van der Waals surface area contributed by atoms with E-state index < -0.39 is 0 Å². The molecule has 2 heteroatoms. The minimum Gasteiger partial charge on any atom is -0.310 e. The van der Waals surface area contributed by atoms with Crippen molar-refractivity contribution in [2.75, 3.05) is 4.90 Å². The first kappa shape index (κ1) is 39.4. The minimum absolute atomic E-state index is 1.07. The number of aromatic nitrogens is 1. The molecule has 0 N–H and O–H groups in total. The molecule has 0 saturated carbocycles. The molecular weight excluding hydrogens is 821 g/mol. The van der Waals surface area contributed by atoms with Crippen molar-refractivity contribution in [2.45, 2.75) is 0 Å². The summed E-state index contributed by atoms with van der Waals surface area (Å²) in [6, 6.07) is 97.6. The van der Waals surface area contributed by atoms with Crippen molar-refractivity contribution in [1.82, 2.24) is 4.57 Å². The zero-order valence-corrected chi connectivity index (χ0v) is 37.3. The third kappa shape index (κ3) is 6.73. The summed E-state index contributed by atoms with van der Waals surface area (Å²) in [5, 5.41) is 10.2. The molecule has 0 aliphatic heterocycles. The number of benzene rings is 12. The molecule has 0 unspecified atom stereocenters. The maximum absolute atomic E-state index is 2.44. The van der Waals surface area contributed by atoms with Gasteiger partial charge in [-0.05, 0) is 138 Å². The highest BCUT2D eigenvalue weighted by molar-refractivity contribution is 6.25. The van der Waals surface area contributed by atoms with Crippen molar-refractivity contribution in [1.29, 1.82) is 0 Å². The molecule has 0 aliphatic rings. The Balaban J connectivity index is 0.991. The van der Waals surface area contributed by atoms with Crippen molar-refractivity contribution < 1.29 is 0 Å². The van der Waals surface area contributed by atoms with Gasteiger partial charge in [0, 0.05) is 33.4 Å². The van der Waals surface area contributed by atoms with Gasteiger partial charge in [0.1, 0.15) is 0 Å². The van der Waals surface area contributed by atoms with E-state index in [2.05, 4.69) is 276 Å². The third-order valence-corrected chi connectivity index (χ3v) is 13.7. The molecule has 0 bridgehead atoms. The van der Waals surface area contributed by atoms with E-state index in [1.54, 1.807) is 0 Å². The van der Waals surface area contributed by atoms with Gasteiger partial charge < -0.3 is 9.47 Å². The molecule has 1 aromatic heterocycles. The lowest BCUT2D eigenvalue weighted by Crippen LogP contribution is -2.11. The topological polar surface area (TPSA) is 8.17 Å². The molecule has 12 aromatic carbocycles. The Bertz CT molecular complexity index is 3930. The number of nitrogens with zero attached hydrogens (tertiary/aromatic N) is 2. The fraction of sp³-hybridized carbons (Fsp3) is 0. The summed E-state index contributed by atoms with van der Waals surface area (Å²) in [6.07, 6.45) is 0. The summed E-state index contributed by atoms with van der Waals surface area (Å²) < 4.78 is 2.40. The Morgan fingerprint density at radius 3 is 1.34 bits per heavy atom. The number of hydrogen-bond donors (Lipinski definition) is 0. The highest BCUT2D eigenvalue weighted by Gasteiger charge is 2.21. The number of rotatable bonds is 8. The fourth-order valence-electron chi connectivity index (χ4n) is 10.6. The zero-order chi connectivity index (χ0) is 45.0.